The first-order valence-corrected chi connectivity index (χ1v) is 5.63. The molecule has 2 heterocycles. The molecule has 0 bridgehead atoms. The van der Waals surface area contributed by atoms with Gasteiger partial charge in [0.1, 0.15) is 11.6 Å². The zero-order valence-corrected chi connectivity index (χ0v) is 10.7. The molecule has 90 valence electrons. The standard InChI is InChI=1S/C12H17N5/c1-8-11(7-13-4)5-6-12(14-8)17-10(3)15-9(2)16-17/h5-6,13H,7H2,1-4H3. The molecule has 5 heteroatoms. The highest BCUT2D eigenvalue weighted by atomic mass is 15.4. The molecule has 0 unspecified atom stereocenters. The average Bonchev–Trinajstić information content (AvgIpc) is 2.61. The van der Waals surface area contributed by atoms with E-state index in [0.717, 1.165) is 29.7 Å². The van der Waals surface area contributed by atoms with Crippen LogP contribution in [0.25, 0.3) is 5.82 Å². The van der Waals surface area contributed by atoms with E-state index in [1.165, 1.54) is 5.56 Å². The third kappa shape index (κ3) is 2.34. The molecule has 2 aromatic heterocycles. The molecule has 0 spiro atoms. The van der Waals surface area contributed by atoms with Gasteiger partial charge in [0.2, 0.25) is 0 Å². The minimum atomic E-state index is 0.765. The van der Waals surface area contributed by atoms with Crippen molar-refractivity contribution in [3.63, 3.8) is 0 Å². The minimum absolute atomic E-state index is 0.765. The van der Waals surface area contributed by atoms with E-state index in [1.54, 1.807) is 4.68 Å². The predicted molar refractivity (Wildman–Crippen MR) is 66.1 cm³/mol. The highest BCUT2D eigenvalue weighted by Crippen LogP contribution is 2.11. The summed E-state index contributed by atoms with van der Waals surface area (Å²) in [5.74, 6) is 2.44. The highest BCUT2D eigenvalue weighted by Gasteiger charge is 2.07. The fourth-order valence-electron chi connectivity index (χ4n) is 1.81. The smallest absolute Gasteiger partial charge is 0.155 e. The van der Waals surface area contributed by atoms with Gasteiger partial charge in [0.05, 0.1) is 0 Å². The summed E-state index contributed by atoms with van der Waals surface area (Å²) in [5, 5.41) is 7.45. The summed E-state index contributed by atoms with van der Waals surface area (Å²) in [6.45, 7) is 6.65. The van der Waals surface area contributed by atoms with E-state index >= 15 is 0 Å². The van der Waals surface area contributed by atoms with Crippen LogP contribution in [0.3, 0.4) is 0 Å². The Balaban J connectivity index is 2.41. The molecular weight excluding hydrogens is 214 g/mol. The van der Waals surface area contributed by atoms with Gasteiger partial charge >= 0.3 is 0 Å². The van der Waals surface area contributed by atoms with Crippen LogP contribution in [0, 0.1) is 20.8 Å². The number of aryl methyl sites for hydroxylation is 3. The molecule has 0 amide bonds. The van der Waals surface area contributed by atoms with Gasteiger partial charge < -0.3 is 5.32 Å². The molecule has 0 aromatic carbocycles. The first-order valence-electron chi connectivity index (χ1n) is 5.63. The monoisotopic (exact) mass is 231 g/mol. The van der Waals surface area contributed by atoms with Gasteiger partial charge in [-0.1, -0.05) is 6.07 Å². The van der Waals surface area contributed by atoms with Crippen molar-refractivity contribution < 1.29 is 0 Å². The zero-order chi connectivity index (χ0) is 12.4. The van der Waals surface area contributed by atoms with Gasteiger partial charge in [-0.3, -0.25) is 0 Å². The molecule has 17 heavy (non-hydrogen) atoms. The van der Waals surface area contributed by atoms with Crippen molar-refractivity contribution in [2.24, 2.45) is 0 Å². The number of aromatic nitrogens is 4. The number of nitrogens with one attached hydrogen (secondary N) is 1. The van der Waals surface area contributed by atoms with Gasteiger partial charge in [-0.25, -0.2) is 9.97 Å². The van der Waals surface area contributed by atoms with Crippen LogP contribution in [0.2, 0.25) is 0 Å². The summed E-state index contributed by atoms with van der Waals surface area (Å²) in [5.41, 5.74) is 2.22. The van der Waals surface area contributed by atoms with Gasteiger partial charge in [0, 0.05) is 12.2 Å². The van der Waals surface area contributed by atoms with E-state index < -0.39 is 0 Å². The van der Waals surface area contributed by atoms with Crippen molar-refractivity contribution in [1.29, 1.82) is 0 Å². The maximum Gasteiger partial charge on any atom is 0.155 e. The van der Waals surface area contributed by atoms with E-state index in [-0.39, 0.29) is 0 Å². The number of hydrogen-bond donors (Lipinski definition) is 1. The predicted octanol–water partition coefficient (Wildman–Crippen LogP) is 1.31. The minimum Gasteiger partial charge on any atom is -0.316 e. The summed E-state index contributed by atoms with van der Waals surface area (Å²) in [6.07, 6.45) is 0. The second-order valence-electron chi connectivity index (χ2n) is 4.06. The largest absolute Gasteiger partial charge is 0.316 e. The van der Waals surface area contributed by atoms with Crippen LogP contribution in [-0.4, -0.2) is 26.8 Å². The molecule has 0 atom stereocenters. The molecular formula is C12H17N5. The number of pyridine rings is 1. The van der Waals surface area contributed by atoms with Crippen molar-refractivity contribution in [3.8, 4) is 5.82 Å². The maximum atomic E-state index is 4.56. The Morgan fingerprint density at radius 3 is 2.47 bits per heavy atom. The van der Waals surface area contributed by atoms with Crippen LogP contribution in [0.4, 0.5) is 0 Å². The summed E-state index contributed by atoms with van der Waals surface area (Å²) in [4.78, 5) is 8.83. The lowest BCUT2D eigenvalue weighted by atomic mass is 10.2. The van der Waals surface area contributed by atoms with Crippen LogP contribution in [-0.2, 0) is 6.54 Å². The number of hydrogen-bond acceptors (Lipinski definition) is 4. The molecule has 0 aliphatic heterocycles. The van der Waals surface area contributed by atoms with Gasteiger partial charge in [0.25, 0.3) is 0 Å². The van der Waals surface area contributed by atoms with E-state index in [0.29, 0.717) is 0 Å². The Morgan fingerprint density at radius 2 is 1.94 bits per heavy atom. The number of nitrogens with zero attached hydrogens (tertiary/aromatic N) is 4. The number of rotatable bonds is 3. The Hall–Kier alpha value is -1.75. The molecule has 0 aliphatic carbocycles. The van der Waals surface area contributed by atoms with Crippen LogP contribution in [0.15, 0.2) is 12.1 Å². The van der Waals surface area contributed by atoms with Crippen LogP contribution in [0.1, 0.15) is 22.9 Å². The van der Waals surface area contributed by atoms with E-state index in [9.17, 15) is 0 Å². The first kappa shape index (κ1) is 11.7. The van der Waals surface area contributed by atoms with Crippen molar-refractivity contribution in [2.75, 3.05) is 7.05 Å². The summed E-state index contributed by atoms with van der Waals surface area (Å²) < 4.78 is 1.77. The van der Waals surface area contributed by atoms with Crippen LogP contribution >= 0.6 is 0 Å². The fraction of sp³-hybridized carbons (Fsp3) is 0.417. The molecule has 0 saturated carbocycles. The molecule has 1 N–H and O–H groups in total. The second-order valence-corrected chi connectivity index (χ2v) is 4.06. The van der Waals surface area contributed by atoms with Gasteiger partial charge in [-0.15, -0.1) is 5.10 Å². The lowest BCUT2D eigenvalue weighted by molar-refractivity contribution is 0.776. The van der Waals surface area contributed by atoms with Crippen LogP contribution in [0.5, 0.6) is 0 Å². The van der Waals surface area contributed by atoms with Crippen molar-refractivity contribution in [2.45, 2.75) is 27.3 Å². The van der Waals surface area contributed by atoms with Gasteiger partial charge in [-0.2, -0.15) is 4.68 Å². The van der Waals surface area contributed by atoms with Crippen LogP contribution < -0.4 is 5.32 Å². The lowest BCUT2D eigenvalue weighted by Crippen LogP contribution is -2.09. The highest BCUT2D eigenvalue weighted by molar-refractivity contribution is 5.30. The third-order valence-electron chi connectivity index (χ3n) is 2.64. The molecule has 0 aliphatic rings. The Kier molecular flexibility index (Phi) is 3.19. The molecule has 0 radical (unpaired) electrons. The second kappa shape index (κ2) is 4.63. The van der Waals surface area contributed by atoms with E-state index in [2.05, 4.69) is 26.4 Å². The van der Waals surface area contributed by atoms with Crippen molar-refractivity contribution >= 4 is 0 Å². The van der Waals surface area contributed by atoms with Gasteiger partial charge in [-0.05, 0) is 39.4 Å². The SMILES string of the molecule is CNCc1ccc(-n2nc(C)nc2C)nc1C. The van der Waals surface area contributed by atoms with Gasteiger partial charge in [0.15, 0.2) is 5.82 Å². The Labute approximate surface area is 101 Å². The summed E-state index contributed by atoms with van der Waals surface area (Å²) in [7, 11) is 1.93. The first-order chi connectivity index (χ1) is 8.11. The quantitative estimate of drug-likeness (QED) is 0.865. The average molecular weight is 231 g/mol. The third-order valence-corrected chi connectivity index (χ3v) is 2.64. The van der Waals surface area contributed by atoms with E-state index in [1.807, 2.05) is 33.9 Å². The molecule has 2 rings (SSSR count). The maximum absolute atomic E-state index is 4.56. The van der Waals surface area contributed by atoms with Crippen molar-refractivity contribution in [1.82, 2.24) is 25.1 Å². The fourth-order valence-corrected chi connectivity index (χ4v) is 1.81. The molecule has 5 nitrogen and oxygen atoms in total. The lowest BCUT2D eigenvalue weighted by Gasteiger charge is -2.07. The molecule has 0 fully saturated rings. The molecule has 0 saturated heterocycles. The topological polar surface area (TPSA) is 55.6 Å². The zero-order valence-electron chi connectivity index (χ0n) is 10.7. The summed E-state index contributed by atoms with van der Waals surface area (Å²) >= 11 is 0. The summed E-state index contributed by atoms with van der Waals surface area (Å²) in [6, 6.07) is 4.05. The molecule has 2 aromatic rings. The normalized spacial score (nSPS) is 10.8. The Morgan fingerprint density at radius 1 is 1.18 bits per heavy atom. The van der Waals surface area contributed by atoms with E-state index in [4.69, 9.17) is 0 Å². The van der Waals surface area contributed by atoms with Crippen molar-refractivity contribution in [3.05, 3.63) is 35.0 Å². The Bertz CT molecular complexity index is 530.